The standard InChI is InChI=1S/C12H22N4S/c1-5-13-6-11-7-14-9-15-12(11)16(3)10(2)8-17-4/h7,9-10,13H,5-6,8H2,1-4H3. The molecule has 0 bridgehead atoms. The fourth-order valence-corrected chi connectivity index (χ4v) is 2.32. The first-order valence-electron chi connectivity index (χ1n) is 5.92. The van der Waals surface area contributed by atoms with Crippen LogP contribution in [0, 0.1) is 0 Å². The molecule has 1 aromatic heterocycles. The van der Waals surface area contributed by atoms with Gasteiger partial charge in [0.2, 0.25) is 0 Å². The second-order valence-electron chi connectivity index (χ2n) is 4.07. The van der Waals surface area contributed by atoms with Gasteiger partial charge in [-0.1, -0.05) is 6.92 Å². The summed E-state index contributed by atoms with van der Waals surface area (Å²) >= 11 is 1.86. The van der Waals surface area contributed by atoms with Crippen molar-refractivity contribution in [3.8, 4) is 0 Å². The number of nitrogens with zero attached hydrogens (tertiary/aromatic N) is 3. The van der Waals surface area contributed by atoms with Gasteiger partial charge in [0.1, 0.15) is 12.1 Å². The monoisotopic (exact) mass is 254 g/mol. The molecule has 0 aliphatic rings. The first kappa shape index (κ1) is 14.3. The number of anilines is 1. The van der Waals surface area contributed by atoms with E-state index in [0.29, 0.717) is 6.04 Å². The Balaban J connectivity index is 2.80. The molecule has 96 valence electrons. The maximum atomic E-state index is 4.40. The SMILES string of the molecule is CCNCc1cncnc1N(C)C(C)CSC. The Bertz CT molecular complexity index is 332. The number of nitrogens with one attached hydrogen (secondary N) is 1. The molecule has 0 saturated carbocycles. The van der Waals surface area contributed by atoms with Crippen LogP contribution in [0.4, 0.5) is 5.82 Å². The molecule has 5 heteroatoms. The van der Waals surface area contributed by atoms with E-state index in [-0.39, 0.29) is 0 Å². The topological polar surface area (TPSA) is 41.1 Å². The van der Waals surface area contributed by atoms with Crippen LogP contribution in [0.3, 0.4) is 0 Å². The molecule has 1 unspecified atom stereocenters. The van der Waals surface area contributed by atoms with Gasteiger partial charge in [0.05, 0.1) is 0 Å². The van der Waals surface area contributed by atoms with E-state index in [4.69, 9.17) is 0 Å². The summed E-state index contributed by atoms with van der Waals surface area (Å²) in [5.41, 5.74) is 1.16. The maximum absolute atomic E-state index is 4.40. The second-order valence-corrected chi connectivity index (χ2v) is 4.98. The molecule has 0 spiro atoms. The van der Waals surface area contributed by atoms with Gasteiger partial charge in [-0.25, -0.2) is 9.97 Å². The molecule has 4 nitrogen and oxygen atoms in total. The van der Waals surface area contributed by atoms with Gasteiger partial charge < -0.3 is 10.2 Å². The molecule has 0 fully saturated rings. The average Bonchev–Trinajstić information content (AvgIpc) is 2.36. The maximum Gasteiger partial charge on any atom is 0.136 e. The van der Waals surface area contributed by atoms with Gasteiger partial charge in [0.15, 0.2) is 0 Å². The van der Waals surface area contributed by atoms with E-state index in [1.807, 2.05) is 18.0 Å². The van der Waals surface area contributed by atoms with E-state index < -0.39 is 0 Å². The lowest BCUT2D eigenvalue weighted by molar-refractivity contribution is 0.700. The summed E-state index contributed by atoms with van der Waals surface area (Å²) in [4.78, 5) is 10.7. The zero-order valence-electron chi connectivity index (χ0n) is 11.1. The van der Waals surface area contributed by atoms with Crippen molar-refractivity contribution < 1.29 is 0 Å². The fourth-order valence-electron chi connectivity index (χ4n) is 1.62. The summed E-state index contributed by atoms with van der Waals surface area (Å²) in [5, 5.41) is 3.32. The summed E-state index contributed by atoms with van der Waals surface area (Å²) in [5.74, 6) is 2.13. The van der Waals surface area contributed by atoms with Crippen molar-refractivity contribution in [2.75, 3.05) is 30.5 Å². The van der Waals surface area contributed by atoms with Gasteiger partial charge in [-0.15, -0.1) is 0 Å². The number of hydrogen-bond donors (Lipinski definition) is 1. The molecule has 1 N–H and O–H groups in total. The van der Waals surface area contributed by atoms with Crippen LogP contribution in [0.15, 0.2) is 12.5 Å². The lowest BCUT2D eigenvalue weighted by atomic mass is 10.2. The van der Waals surface area contributed by atoms with E-state index in [9.17, 15) is 0 Å². The molecule has 0 aliphatic heterocycles. The summed E-state index contributed by atoms with van der Waals surface area (Å²) < 4.78 is 0. The third-order valence-corrected chi connectivity index (χ3v) is 3.55. The third-order valence-electron chi connectivity index (χ3n) is 2.73. The first-order valence-corrected chi connectivity index (χ1v) is 7.31. The molecule has 1 heterocycles. The Labute approximate surface area is 108 Å². The number of thioether (sulfide) groups is 1. The van der Waals surface area contributed by atoms with Crippen molar-refractivity contribution >= 4 is 17.6 Å². The minimum atomic E-state index is 0.472. The van der Waals surface area contributed by atoms with Crippen LogP contribution in [0.1, 0.15) is 19.4 Å². The largest absolute Gasteiger partial charge is 0.356 e. The average molecular weight is 254 g/mol. The van der Waals surface area contributed by atoms with Crippen LogP contribution < -0.4 is 10.2 Å². The van der Waals surface area contributed by atoms with Crippen LogP contribution in [0.2, 0.25) is 0 Å². The Kier molecular flexibility index (Phi) is 6.29. The quantitative estimate of drug-likeness (QED) is 0.803. The van der Waals surface area contributed by atoms with Crippen LogP contribution in [0.25, 0.3) is 0 Å². The highest BCUT2D eigenvalue weighted by atomic mass is 32.2. The van der Waals surface area contributed by atoms with E-state index in [2.05, 4.69) is 47.3 Å². The second kappa shape index (κ2) is 7.50. The third kappa shape index (κ3) is 4.16. The van der Waals surface area contributed by atoms with Crippen LogP contribution in [-0.4, -0.2) is 41.6 Å². The zero-order valence-corrected chi connectivity index (χ0v) is 11.9. The lowest BCUT2D eigenvalue weighted by Gasteiger charge is -2.27. The molecule has 0 aromatic carbocycles. The molecule has 0 radical (unpaired) electrons. The minimum absolute atomic E-state index is 0.472. The molecular formula is C12H22N4S. The predicted molar refractivity (Wildman–Crippen MR) is 75.7 cm³/mol. The predicted octanol–water partition coefficient (Wildman–Crippen LogP) is 1.77. The molecule has 1 atom stereocenters. The first-order chi connectivity index (χ1) is 8.20. The van der Waals surface area contributed by atoms with Gasteiger partial charge in [0, 0.05) is 37.1 Å². The molecule has 0 saturated heterocycles. The van der Waals surface area contributed by atoms with Crippen molar-refractivity contribution in [1.29, 1.82) is 0 Å². The van der Waals surface area contributed by atoms with Crippen molar-refractivity contribution in [2.45, 2.75) is 26.4 Å². The van der Waals surface area contributed by atoms with Crippen LogP contribution in [0.5, 0.6) is 0 Å². The van der Waals surface area contributed by atoms with Gasteiger partial charge >= 0.3 is 0 Å². The highest BCUT2D eigenvalue weighted by molar-refractivity contribution is 7.98. The lowest BCUT2D eigenvalue weighted by Crippen LogP contribution is -2.33. The van der Waals surface area contributed by atoms with Gasteiger partial charge in [-0.2, -0.15) is 11.8 Å². The fraction of sp³-hybridized carbons (Fsp3) is 0.667. The number of rotatable bonds is 7. The molecule has 1 aromatic rings. The summed E-state index contributed by atoms with van der Waals surface area (Å²) in [6.45, 7) is 6.10. The van der Waals surface area contributed by atoms with Gasteiger partial charge in [-0.05, 0) is 19.7 Å². The van der Waals surface area contributed by atoms with Crippen molar-refractivity contribution in [1.82, 2.24) is 15.3 Å². The molecular weight excluding hydrogens is 232 g/mol. The number of aromatic nitrogens is 2. The van der Waals surface area contributed by atoms with E-state index in [0.717, 1.165) is 30.2 Å². The number of hydrogen-bond acceptors (Lipinski definition) is 5. The van der Waals surface area contributed by atoms with Gasteiger partial charge in [0.25, 0.3) is 0 Å². The van der Waals surface area contributed by atoms with E-state index >= 15 is 0 Å². The normalized spacial score (nSPS) is 12.5. The minimum Gasteiger partial charge on any atom is -0.356 e. The molecule has 0 aliphatic carbocycles. The molecule has 17 heavy (non-hydrogen) atoms. The van der Waals surface area contributed by atoms with Crippen LogP contribution in [-0.2, 0) is 6.54 Å². The Hall–Kier alpha value is -0.810. The van der Waals surface area contributed by atoms with E-state index in [1.165, 1.54) is 0 Å². The van der Waals surface area contributed by atoms with E-state index in [1.54, 1.807) is 6.33 Å². The summed E-state index contributed by atoms with van der Waals surface area (Å²) in [6.07, 6.45) is 5.64. The highest BCUT2D eigenvalue weighted by Gasteiger charge is 2.14. The van der Waals surface area contributed by atoms with Gasteiger partial charge in [-0.3, -0.25) is 0 Å². The molecule has 1 rings (SSSR count). The highest BCUT2D eigenvalue weighted by Crippen LogP contribution is 2.18. The van der Waals surface area contributed by atoms with Crippen LogP contribution >= 0.6 is 11.8 Å². The van der Waals surface area contributed by atoms with Crippen molar-refractivity contribution in [2.24, 2.45) is 0 Å². The Morgan fingerprint density at radius 2 is 2.29 bits per heavy atom. The summed E-state index contributed by atoms with van der Waals surface area (Å²) in [7, 11) is 2.10. The smallest absolute Gasteiger partial charge is 0.136 e. The Morgan fingerprint density at radius 3 is 2.94 bits per heavy atom. The summed E-state index contributed by atoms with van der Waals surface area (Å²) in [6, 6.07) is 0.472. The Morgan fingerprint density at radius 1 is 1.53 bits per heavy atom. The zero-order chi connectivity index (χ0) is 12.7. The molecule has 0 amide bonds. The van der Waals surface area contributed by atoms with Crippen molar-refractivity contribution in [3.05, 3.63) is 18.1 Å². The van der Waals surface area contributed by atoms with Crippen molar-refractivity contribution in [3.63, 3.8) is 0 Å².